The largest absolute Gasteiger partial charge is 0.440 e. The molecular formula is C7H10N2O2S. The Morgan fingerprint density at radius 1 is 1.83 bits per heavy atom. The van der Waals surface area contributed by atoms with Crippen LogP contribution in [0.2, 0.25) is 0 Å². The normalized spacial score (nSPS) is 12.5. The summed E-state index contributed by atoms with van der Waals surface area (Å²) in [5.41, 5.74) is 0. The summed E-state index contributed by atoms with van der Waals surface area (Å²) in [5.74, 6) is -0.0294. The van der Waals surface area contributed by atoms with Crippen LogP contribution in [0.15, 0.2) is 22.1 Å². The summed E-state index contributed by atoms with van der Waals surface area (Å²) < 4.78 is 4.97. The van der Waals surface area contributed by atoms with Crippen LogP contribution in [0.1, 0.15) is 6.92 Å². The molecule has 0 aliphatic heterocycles. The number of nitrogens with one attached hydrogen (secondary N) is 1. The van der Waals surface area contributed by atoms with Gasteiger partial charge in [-0.2, -0.15) is 0 Å². The minimum atomic E-state index is -0.173. The van der Waals surface area contributed by atoms with Gasteiger partial charge < -0.3 is 9.73 Å². The standard InChI is InChI=1S/C7H10N2O2S/c1-5(6(10)8-2)12-7-9-3-4-11-7/h3-5H,1-2H3,(H,8,10). The number of rotatable bonds is 3. The first kappa shape index (κ1) is 9.12. The van der Waals surface area contributed by atoms with Gasteiger partial charge in [0.05, 0.1) is 11.4 Å². The van der Waals surface area contributed by atoms with Crippen LogP contribution in [-0.2, 0) is 4.79 Å². The number of carbonyl (C=O) groups is 1. The maximum atomic E-state index is 11.0. The summed E-state index contributed by atoms with van der Waals surface area (Å²) in [6.45, 7) is 1.80. The van der Waals surface area contributed by atoms with Crippen molar-refractivity contribution in [2.24, 2.45) is 0 Å². The molecule has 0 bridgehead atoms. The lowest BCUT2D eigenvalue weighted by molar-refractivity contribution is -0.119. The number of hydrogen-bond donors (Lipinski definition) is 1. The van der Waals surface area contributed by atoms with Gasteiger partial charge in [-0.3, -0.25) is 4.79 Å². The molecule has 0 aliphatic rings. The van der Waals surface area contributed by atoms with Crippen LogP contribution >= 0.6 is 11.8 Å². The Labute approximate surface area is 74.7 Å². The van der Waals surface area contributed by atoms with Gasteiger partial charge in [0.25, 0.3) is 5.22 Å². The molecule has 12 heavy (non-hydrogen) atoms. The Bertz CT molecular complexity index is 248. The summed E-state index contributed by atoms with van der Waals surface area (Å²) in [7, 11) is 1.61. The Kier molecular flexibility index (Phi) is 3.16. The number of carbonyl (C=O) groups excluding carboxylic acids is 1. The molecule has 0 fully saturated rings. The maximum Gasteiger partial charge on any atom is 0.256 e. The Hall–Kier alpha value is -0.970. The third-order valence-corrected chi connectivity index (χ3v) is 2.27. The highest BCUT2D eigenvalue weighted by Crippen LogP contribution is 2.20. The highest BCUT2D eigenvalue weighted by molar-refractivity contribution is 8.00. The summed E-state index contributed by atoms with van der Waals surface area (Å²) in [4.78, 5) is 14.9. The summed E-state index contributed by atoms with van der Waals surface area (Å²) >= 11 is 1.29. The van der Waals surface area contributed by atoms with Crippen LogP contribution in [0.25, 0.3) is 0 Å². The molecule has 1 aromatic rings. The molecule has 0 radical (unpaired) electrons. The second-order valence-corrected chi connectivity index (χ2v) is 3.46. The van der Waals surface area contributed by atoms with Gasteiger partial charge in [0.1, 0.15) is 6.26 Å². The monoisotopic (exact) mass is 186 g/mol. The fraction of sp³-hybridized carbons (Fsp3) is 0.429. The third-order valence-electron chi connectivity index (χ3n) is 1.30. The van der Waals surface area contributed by atoms with Gasteiger partial charge in [-0.25, -0.2) is 4.98 Å². The van der Waals surface area contributed by atoms with Crippen molar-refractivity contribution in [2.45, 2.75) is 17.4 Å². The molecule has 1 heterocycles. The van der Waals surface area contributed by atoms with Crippen LogP contribution < -0.4 is 5.32 Å². The van der Waals surface area contributed by atoms with Gasteiger partial charge in [0.15, 0.2) is 0 Å². The van der Waals surface area contributed by atoms with Gasteiger partial charge in [0.2, 0.25) is 5.91 Å². The molecule has 0 saturated carbocycles. The van der Waals surface area contributed by atoms with E-state index in [2.05, 4.69) is 10.3 Å². The zero-order valence-corrected chi connectivity index (χ0v) is 7.72. The van der Waals surface area contributed by atoms with Crippen molar-refractivity contribution in [3.63, 3.8) is 0 Å². The van der Waals surface area contributed by atoms with E-state index >= 15 is 0 Å². The van der Waals surface area contributed by atoms with Crippen molar-refractivity contribution in [2.75, 3.05) is 7.05 Å². The molecule has 0 aromatic carbocycles. The quantitative estimate of drug-likeness (QED) is 0.713. The van der Waals surface area contributed by atoms with E-state index in [9.17, 15) is 4.79 Å². The van der Waals surface area contributed by atoms with Gasteiger partial charge in [0, 0.05) is 7.05 Å². The molecule has 1 aromatic heterocycles. The first-order chi connectivity index (χ1) is 5.74. The summed E-state index contributed by atoms with van der Waals surface area (Å²) in [5, 5.41) is 2.89. The summed E-state index contributed by atoms with van der Waals surface area (Å²) in [6.07, 6.45) is 3.04. The molecule has 1 amide bonds. The van der Waals surface area contributed by atoms with Crippen LogP contribution in [0.5, 0.6) is 0 Å². The number of thioether (sulfide) groups is 1. The predicted octanol–water partition coefficient (Wildman–Crippen LogP) is 0.901. The second kappa shape index (κ2) is 4.15. The summed E-state index contributed by atoms with van der Waals surface area (Å²) in [6, 6.07) is 0. The average Bonchev–Trinajstić information content (AvgIpc) is 2.55. The Morgan fingerprint density at radius 3 is 3.08 bits per heavy atom. The zero-order valence-electron chi connectivity index (χ0n) is 6.90. The van der Waals surface area contributed by atoms with E-state index in [4.69, 9.17) is 4.42 Å². The lowest BCUT2D eigenvalue weighted by Gasteiger charge is -2.05. The van der Waals surface area contributed by atoms with Gasteiger partial charge in [-0.1, -0.05) is 11.8 Å². The van der Waals surface area contributed by atoms with E-state index in [1.54, 1.807) is 20.2 Å². The Balaban J connectivity index is 2.47. The van der Waals surface area contributed by atoms with E-state index < -0.39 is 0 Å². The minimum absolute atomic E-state index is 0.0294. The number of aromatic nitrogens is 1. The van der Waals surface area contributed by atoms with Crippen molar-refractivity contribution in [3.05, 3.63) is 12.5 Å². The van der Waals surface area contributed by atoms with E-state index in [1.807, 2.05) is 0 Å². The molecule has 0 spiro atoms. The van der Waals surface area contributed by atoms with Crippen LogP contribution in [-0.4, -0.2) is 23.2 Å². The topological polar surface area (TPSA) is 55.1 Å². The second-order valence-electron chi connectivity index (χ2n) is 2.17. The molecule has 0 aliphatic carbocycles. The molecule has 4 nitrogen and oxygen atoms in total. The number of oxazole rings is 1. The van der Waals surface area contributed by atoms with Gasteiger partial charge in [-0.05, 0) is 6.92 Å². The van der Waals surface area contributed by atoms with Crippen molar-refractivity contribution in [1.29, 1.82) is 0 Å². The lowest BCUT2D eigenvalue weighted by Crippen LogP contribution is -2.27. The number of amides is 1. The first-order valence-electron chi connectivity index (χ1n) is 3.51. The number of nitrogens with zero attached hydrogens (tertiary/aromatic N) is 1. The fourth-order valence-corrected chi connectivity index (χ4v) is 1.44. The molecule has 0 saturated heterocycles. The molecule has 5 heteroatoms. The van der Waals surface area contributed by atoms with E-state index in [1.165, 1.54) is 18.0 Å². The van der Waals surface area contributed by atoms with Crippen molar-refractivity contribution in [1.82, 2.24) is 10.3 Å². The highest BCUT2D eigenvalue weighted by atomic mass is 32.2. The van der Waals surface area contributed by atoms with E-state index in [-0.39, 0.29) is 11.2 Å². The van der Waals surface area contributed by atoms with Crippen LogP contribution in [0.3, 0.4) is 0 Å². The minimum Gasteiger partial charge on any atom is -0.440 e. The molecule has 1 unspecified atom stereocenters. The zero-order chi connectivity index (χ0) is 8.97. The molecule has 1 rings (SSSR count). The molecule has 1 atom stereocenters. The predicted molar refractivity (Wildman–Crippen MR) is 45.9 cm³/mol. The molecule has 66 valence electrons. The first-order valence-corrected chi connectivity index (χ1v) is 4.39. The lowest BCUT2D eigenvalue weighted by atomic mass is 10.4. The SMILES string of the molecule is CNC(=O)C(C)Sc1ncco1. The average molecular weight is 186 g/mol. The Morgan fingerprint density at radius 2 is 2.58 bits per heavy atom. The van der Waals surface area contributed by atoms with Crippen LogP contribution in [0.4, 0.5) is 0 Å². The highest BCUT2D eigenvalue weighted by Gasteiger charge is 2.14. The molecular weight excluding hydrogens is 176 g/mol. The number of hydrogen-bond acceptors (Lipinski definition) is 4. The molecule has 1 N–H and O–H groups in total. The van der Waals surface area contributed by atoms with Crippen molar-refractivity contribution >= 4 is 17.7 Å². The fourth-order valence-electron chi connectivity index (χ4n) is 0.677. The van der Waals surface area contributed by atoms with Crippen molar-refractivity contribution in [3.8, 4) is 0 Å². The van der Waals surface area contributed by atoms with Crippen molar-refractivity contribution < 1.29 is 9.21 Å². The van der Waals surface area contributed by atoms with E-state index in [0.717, 1.165) is 0 Å². The maximum absolute atomic E-state index is 11.0. The van der Waals surface area contributed by atoms with Crippen LogP contribution in [0, 0.1) is 0 Å². The van der Waals surface area contributed by atoms with Gasteiger partial charge in [-0.15, -0.1) is 0 Å². The van der Waals surface area contributed by atoms with E-state index in [0.29, 0.717) is 5.22 Å². The smallest absolute Gasteiger partial charge is 0.256 e. The third kappa shape index (κ3) is 2.27. The van der Waals surface area contributed by atoms with Gasteiger partial charge >= 0.3 is 0 Å².